The SMILES string of the molecule is CCCCc1nc2ccc(COC/C(=C/F)CNC(=O)OC(C)(C)C)cc2o1. The van der Waals surface area contributed by atoms with Crippen LogP contribution in [-0.2, 0) is 22.5 Å². The van der Waals surface area contributed by atoms with Crippen LogP contribution in [0.15, 0.2) is 34.5 Å². The van der Waals surface area contributed by atoms with E-state index >= 15 is 0 Å². The molecule has 0 unspecified atom stereocenters. The van der Waals surface area contributed by atoms with Gasteiger partial charge in [-0.3, -0.25) is 0 Å². The fraction of sp³-hybridized carbons (Fsp3) is 0.524. The maximum atomic E-state index is 13.0. The summed E-state index contributed by atoms with van der Waals surface area (Å²) in [6.07, 6.45) is 2.80. The molecule has 0 radical (unpaired) electrons. The second kappa shape index (κ2) is 10.2. The first-order valence-corrected chi connectivity index (χ1v) is 9.51. The van der Waals surface area contributed by atoms with Crippen molar-refractivity contribution in [3.63, 3.8) is 0 Å². The van der Waals surface area contributed by atoms with Gasteiger partial charge in [0.1, 0.15) is 11.1 Å². The summed E-state index contributed by atoms with van der Waals surface area (Å²) in [5.74, 6) is 0.741. The number of nitrogens with zero attached hydrogens (tertiary/aromatic N) is 1. The summed E-state index contributed by atoms with van der Waals surface area (Å²) in [5.41, 5.74) is 2.16. The highest BCUT2D eigenvalue weighted by Gasteiger charge is 2.16. The smallest absolute Gasteiger partial charge is 0.407 e. The average Bonchev–Trinajstić information content (AvgIpc) is 3.03. The van der Waals surface area contributed by atoms with E-state index in [1.54, 1.807) is 20.8 Å². The molecule has 7 heteroatoms. The van der Waals surface area contributed by atoms with E-state index in [0.717, 1.165) is 41.8 Å². The fourth-order valence-electron chi connectivity index (χ4n) is 2.46. The molecule has 1 N–H and O–H groups in total. The predicted molar refractivity (Wildman–Crippen MR) is 106 cm³/mol. The number of fused-ring (bicyclic) bond motifs is 1. The molecule has 1 amide bonds. The summed E-state index contributed by atoms with van der Waals surface area (Å²) in [5, 5.41) is 2.51. The Kier molecular flexibility index (Phi) is 7.99. The first-order chi connectivity index (χ1) is 13.3. The van der Waals surface area contributed by atoms with Gasteiger partial charge in [-0.05, 0) is 44.9 Å². The van der Waals surface area contributed by atoms with Crippen molar-refractivity contribution in [3.8, 4) is 0 Å². The molecule has 0 bridgehead atoms. The number of oxazole rings is 1. The lowest BCUT2D eigenvalue weighted by Crippen LogP contribution is -2.34. The Balaban J connectivity index is 1.81. The minimum Gasteiger partial charge on any atom is -0.444 e. The minimum absolute atomic E-state index is 0.0212. The molecule has 0 aliphatic heterocycles. The predicted octanol–water partition coefficient (Wildman–Crippen LogP) is 5.07. The van der Waals surface area contributed by atoms with Crippen molar-refractivity contribution < 1.29 is 23.1 Å². The van der Waals surface area contributed by atoms with Gasteiger partial charge in [0.25, 0.3) is 0 Å². The van der Waals surface area contributed by atoms with Crippen molar-refractivity contribution in [2.75, 3.05) is 13.2 Å². The molecule has 0 atom stereocenters. The summed E-state index contributed by atoms with van der Waals surface area (Å²) < 4.78 is 29.5. The molecular weight excluding hydrogens is 363 g/mol. The number of hydrogen-bond acceptors (Lipinski definition) is 5. The molecule has 1 heterocycles. The standard InChI is InChI=1S/C21H29FN2O4/c1-5-6-7-19-24-17-9-8-15(10-18(17)27-19)13-26-14-16(11-22)12-23-20(25)28-21(2,3)4/h8-11H,5-7,12-14H2,1-4H3,(H,23,25)/b16-11+. The highest BCUT2D eigenvalue weighted by atomic mass is 19.1. The number of halogens is 1. The van der Waals surface area contributed by atoms with Crippen LogP contribution in [0.25, 0.3) is 11.1 Å². The van der Waals surface area contributed by atoms with Crippen molar-refractivity contribution >= 4 is 17.2 Å². The van der Waals surface area contributed by atoms with Crippen molar-refractivity contribution in [1.82, 2.24) is 10.3 Å². The zero-order valence-electron chi connectivity index (χ0n) is 17.0. The van der Waals surface area contributed by atoms with Gasteiger partial charge in [0, 0.05) is 18.5 Å². The van der Waals surface area contributed by atoms with Crippen molar-refractivity contribution in [3.05, 3.63) is 41.6 Å². The van der Waals surface area contributed by atoms with Gasteiger partial charge < -0.3 is 19.2 Å². The number of alkyl carbamates (subject to hydrolysis) is 1. The van der Waals surface area contributed by atoms with Gasteiger partial charge in [-0.25, -0.2) is 14.2 Å². The monoisotopic (exact) mass is 392 g/mol. The number of unbranched alkanes of at least 4 members (excludes halogenated alkanes) is 1. The van der Waals surface area contributed by atoms with Gasteiger partial charge in [0.15, 0.2) is 11.5 Å². The Morgan fingerprint density at radius 2 is 2.14 bits per heavy atom. The summed E-state index contributed by atoms with van der Waals surface area (Å²) in [4.78, 5) is 16.1. The quantitative estimate of drug-likeness (QED) is 0.645. The lowest BCUT2D eigenvalue weighted by molar-refractivity contribution is 0.0529. The lowest BCUT2D eigenvalue weighted by Gasteiger charge is -2.20. The average molecular weight is 392 g/mol. The van der Waals surface area contributed by atoms with Gasteiger partial charge in [0.2, 0.25) is 0 Å². The maximum absolute atomic E-state index is 13.0. The van der Waals surface area contributed by atoms with Gasteiger partial charge in [-0.15, -0.1) is 0 Å². The van der Waals surface area contributed by atoms with E-state index in [1.807, 2.05) is 18.2 Å². The molecule has 0 fully saturated rings. The van der Waals surface area contributed by atoms with E-state index in [0.29, 0.717) is 18.5 Å². The van der Waals surface area contributed by atoms with E-state index in [4.69, 9.17) is 13.9 Å². The number of nitrogens with one attached hydrogen (secondary N) is 1. The van der Waals surface area contributed by atoms with Gasteiger partial charge in [-0.1, -0.05) is 19.4 Å². The van der Waals surface area contributed by atoms with Crippen LogP contribution in [0.2, 0.25) is 0 Å². The lowest BCUT2D eigenvalue weighted by atomic mass is 10.2. The summed E-state index contributed by atoms with van der Waals surface area (Å²) in [7, 11) is 0. The molecule has 0 saturated carbocycles. The summed E-state index contributed by atoms with van der Waals surface area (Å²) >= 11 is 0. The number of benzene rings is 1. The molecule has 2 aromatic rings. The summed E-state index contributed by atoms with van der Waals surface area (Å²) in [6, 6.07) is 5.69. The molecule has 0 aliphatic carbocycles. The van der Waals surface area contributed by atoms with Gasteiger partial charge >= 0.3 is 6.09 Å². The van der Waals surface area contributed by atoms with Crippen LogP contribution in [-0.4, -0.2) is 29.8 Å². The number of carbonyl (C=O) groups is 1. The normalized spacial score (nSPS) is 12.4. The topological polar surface area (TPSA) is 73.6 Å². The number of aryl methyl sites for hydroxylation is 1. The van der Waals surface area contributed by atoms with Crippen LogP contribution in [0.4, 0.5) is 9.18 Å². The van der Waals surface area contributed by atoms with Crippen molar-refractivity contribution in [2.45, 2.75) is 59.2 Å². The number of carbonyl (C=O) groups excluding carboxylic acids is 1. The van der Waals surface area contributed by atoms with Crippen LogP contribution < -0.4 is 5.32 Å². The minimum atomic E-state index is -0.601. The van der Waals surface area contributed by atoms with Crippen LogP contribution >= 0.6 is 0 Å². The van der Waals surface area contributed by atoms with Crippen LogP contribution in [0, 0.1) is 0 Å². The molecule has 1 aromatic heterocycles. The highest BCUT2D eigenvalue weighted by molar-refractivity contribution is 5.73. The van der Waals surface area contributed by atoms with E-state index < -0.39 is 11.7 Å². The molecule has 0 saturated heterocycles. The van der Waals surface area contributed by atoms with Crippen molar-refractivity contribution in [1.29, 1.82) is 0 Å². The third-order valence-corrected chi connectivity index (χ3v) is 3.81. The third-order valence-electron chi connectivity index (χ3n) is 3.81. The Morgan fingerprint density at radius 3 is 2.82 bits per heavy atom. The maximum Gasteiger partial charge on any atom is 0.407 e. The molecule has 154 valence electrons. The molecule has 2 rings (SSSR count). The van der Waals surface area contributed by atoms with Crippen LogP contribution in [0.1, 0.15) is 52.0 Å². The zero-order chi connectivity index (χ0) is 20.6. The highest BCUT2D eigenvalue weighted by Crippen LogP contribution is 2.19. The molecule has 1 aromatic carbocycles. The Labute approximate surface area is 165 Å². The van der Waals surface area contributed by atoms with Crippen molar-refractivity contribution in [2.24, 2.45) is 0 Å². The number of ether oxygens (including phenoxy) is 2. The second-order valence-corrected chi connectivity index (χ2v) is 7.63. The van der Waals surface area contributed by atoms with E-state index in [1.165, 1.54) is 0 Å². The molecule has 0 aliphatic rings. The summed E-state index contributed by atoms with van der Waals surface area (Å²) in [6.45, 7) is 7.79. The largest absolute Gasteiger partial charge is 0.444 e. The van der Waals surface area contributed by atoms with E-state index in [-0.39, 0.29) is 13.2 Å². The van der Waals surface area contributed by atoms with E-state index in [9.17, 15) is 9.18 Å². The second-order valence-electron chi connectivity index (χ2n) is 7.63. The first-order valence-electron chi connectivity index (χ1n) is 9.51. The number of hydrogen-bond donors (Lipinski definition) is 1. The number of rotatable bonds is 9. The van der Waals surface area contributed by atoms with E-state index in [2.05, 4.69) is 17.2 Å². The Morgan fingerprint density at radius 1 is 1.36 bits per heavy atom. The van der Waals surface area contributed by atoms with Gasteiger partial charge in [0.05, 0.1) is 19.5 Å². The number of amides is 1. The molecule has 28 heavy (non-hydrogen) atoms. The number of aromatic nitrogens is 1. The van der Waals surface area contributed by atoms with Gasteiger partial charge in [-0.2, -0.15) is 0 Å². The Hall–Kier alpha value is -2.41. The zero-order valence-corrected chi connectivity index (χ0v) is 17.0. The first kappa shape index (κ1) is 21.9. The Bertz CT molecular complexity index is 808. The van der Waals surface area contributed by atoms with Crippen LogP contribution in [0.5, 0.6) is 0 Å². The molecule has 6 nitrogen and oxygen atoms in total. The third kappa shape index (κ3) is 7.31. The van der Waals surface area contributed by atoms with Crippen LogP contribution in [0.3, 0.4) is 0 Å². The molecule has 0 spiro atoms. The molecular formula is C21H29FN2O4. The fourth-order valence-corrected chi connectivity index (χ4v) is 2.46.